The van der Waals surface area contributed by atoms with Crippen LogP contribution in [0.25, 0.3) is 0 Å². The molecule has 1 unspecified atom stereocenters. The first-order chi connectivity index (χ1) is 18.4. The van der Waals surface area contributed by atoms with Gasteiger partial charge in [-0.3, -0.25) is 9.59 Å². The maximum atomic E-state index is 12.7. The molecular weight excluding hydrogens is 502 g/mol. The fraction of sp³-hybridized carbons (Fsp3) is 0.429. The Morgan fingerprint density at radius 3 is 2.21 bits per heavy atom. The molecule has 11 heteroatoms. The number of nitrogens with one attached hydrogen (secondary N) is 2. The summed E-state index contributed by atoms with van der Waals surface area (Å²) in [5.41, 5.74) is 3.04. The number of carboxylic acid groups (broad SMARTS) is 1. The van der Waals surface area contributed by atoms with E-state index in [9.17, 15) is 19.2 Å². The van der Waals surface area contributed by atoms with Gasteiger partial charge in [0.05, 0.1) is 18.7 Å². The van der Waals surface area contributed by atoms with Gasteiger partial charge in [-0.1, -0.05) is 31.2 Å². The number of methoxy groups -OCH3 is 1. The van der Waals surface area contributed by atoms with Crippen LogP contribution < -0.4 is 15.4 Å². The van der Waals surface area contributed by atoms with Gasteiger partial charge in [0.25, 0.3) is 0 Å². The Hall–Kier alpha value is -4.28. The lowest BCUT2D eigenvalue weighted by Crippen LogP contribution is -2.44. The fourth-order valence-electron chi connectivity index (χ4n) is 3.80. The molecule has 1 atom stereocenters. The molecular formula is C28H39N5O6. The maximum absolute atomic E-state index is 12.7. The molecule has 0 radical (unpaired) electrons. The summed E-state index contributed by atoms with van der Waals surface area (Å²) in [7, 11) is 6.36. The molecule has 0 saturated heterocycles. The molecule has 2 aromatic carbocycles. The van der Waals surface area contributed by atoms with Crippen LogP contribution in [0, 0.1) is 12.8 Å². The number of carbonyl (C=O) groups excluding carboxylic acids is 3. The molecule has 0 aliphatic carbocycles. The smallest absolute Gasteiger partial charge is 0.323 e. The second-order valence-corrected chi connectivity index (χ2v) is 9.57. The number of likely N-dealkylation sites (N-methyl/N-ethyl adjacent to an activating group) is 2. The normalized spacial score (nSPS) is 11.2. The van der Waals surface area contributed by atoms with Crippen LogP contribution in [0.15, 0.2) is 42.5 Å². The first kappa shape index (κ1) is 30.9. The number of benzene rings is 2. The number of anilines is 2. The quantitative estimate of drug-likeness (QED) is 0.375. The predicted octanol–water partition coefficient (Wildman–Crippen LogP) is 3.74. The summed E-state index contributed by atoms with van der Waals surface area (Å²) in [4.78, 5) is 53.0. The number of carbonyl (C=O) groups is 4. The summed E-state index contributed by atoms with van der Waals surface area (Å²) in [6.45, 7) is 4.20. The molecule has 2 rings (SSSR count). The van der Waals surface area contributed by atoms with Crippen LogP contribution >= 0.6 is 0 Å². The number of nitrogens with zero attached hydrogens (tertiary/aromatic N) is 3. The summed E-state index contributed by atoms with van der Waals surface area (Å²) in [6, 6.07) is 12.1. The van der Waals surface area contributed by atoms with Gasteiger partial charge in [0, 0.05) is 52.9 Å². The Morgan fingerprint density at radius 2 is 1.56 bits per heavy atom. The molecule has 212 valence electrons. The van der Waals surface area contributed by atoms with Gasteiger partial charge in [-0.05, 0) is 42.7 Å². The van der Waals surface area contributed by atoms with E-state index in [1.807, 2.05) is 37.3 Å². The molecule has 2 aromatic rings. The zero-order valence-corrected chi connectivity index (χ0v) is 23.5. The average molecular weight is 542 g/mol. The second kappa shape index (κ2) is 14.6. The van der Waals surface area contributed by atoms with Crippen molar-refractivity contribution >= 4 is 35.3 Å². The van der Waals surface area contributed by atoms with Crippen molar-refractivity contribution in [3.63, 3.8) is 0 Å². The van der Waals surface area contributed by atoms with Gasteiger partial charge in [-0.25, -0.2) is 9.59 Å². The van der Waals surface area contributed by atoms with E-state index in [-0.39, 0.29) is 24.9 Å². The van der Waals surface area contributed by atoms with Gasteiger partial charge < -0.3 is 35.2 Å². The summed E-state index contributed by atoms with van der Waals surface area (Å²) in [5.74, 6) is -1.23. The average Bonchev–Trinajstić information content (AvgIpc) is 2.91. The van der Waals surface area contributed by atoms with E-state index >= 15 is 0 Å². The Labute approximate surface area is 229 Å². The van der Waals surface area contributed by atoms with E-state index in [0.717, 1.165) is 11.1 Å². The zero-order valence-electron chi connectivity index (χ0n) is 23.5. The third-order valence-electron chi connectivity index (χ3n) is 6.35. The van der Waals surface area contributed by atoms with Crippen LogP contribution in [0.3, 0.4) is 0 Å². The number of amides is 5. The number of hydrogen-bond donors (Lipinski definition) is 3. The number of urea groups is 2. The number of aliphatic carboxylic acids is 1. The summed E-state index contributed by atoms with van der Waals surface area (Å²) in [5, 5.41) is 14.6. The lowest BCUT2D eigenvalue weighted by molar-refractivity contribution is -0.141. The zero-order chi connectivity index (χ0) is 29.1. The van der Waals surface area contributed by atoms with Gasteiger partial charge in [0.1, 0.15) is 5.75 Å². The van der Waals surface area contributed by atoms with Crippen LogP contribution in [0.1, 0.15) is 24.5 Å². The monoisotopic (exact) mass is 541 g/mol. The molecule has 0 aromatic heterocycles. The minimum Gasteiger partial charge on any atom is -0.495 e. The Kier molecular flexibility index (Phi) is 11.6. The molecule has 0 spiro atoms. The highest BCUT2D eigenvalue weighted by Gasteiger charge is 2.20. The number of para-hydroxylation sites is 1. The van der Waals surface area contributed by atoms with Crippen LogP contribution in [0.4, 0.5) is 21.0 Å². The van der Waals surface area contributed by atoms with E-state index in [1.165, 1.54) is 16.9 Å². The highest BCUT2D eigenvalue weighted by atomic mass is 16.5. The molecule has 0 bridgehead atoms. The van der Waals surface area contributed by atoms with Crippen LogP contribution in [0.5, 0.6) is 5.75 Å². The van der Waals surface area contributed by atoms with Crippen LogP contribution in [0.2, 0.25) is 0 Å². The SMILES string of the molecule is COc1cc(CCC(=O)N(C)CCN(C)C(=O)N(C)CC(C)C(=O)O)ccc1NC(=O)Nc1ccccc1C. The van der Waals surface area contributed by atoms with Gasteiger partial charge in [-0.15, -0.1) is 0 Å². The largest absolute Gasteiger partial charge is 0.495 e. The Morgan fingerprint density at radius 1 is 0.923 bits per heavy atom. The molecule has 0 heterocycles. The number of carboxylic acids is 1. The predicted molar refractivity (Wildman–Crippen MR) is 150 cm³/mol. The Balaban J connectivity index is 1.85. The highest BCUT2D eigenvalue weighted by Crippen LogP contribution is 2.26. The molecule has 0 aliphatic rings. The van der Waals surface area contributed by atoms with E-state index < -0.39 is 17.9 Å². The van der Waals surface area contributed by atoms with Crippen LogP contribution in [-0.2, 0) is 16.0 Å². The highest BCUT2D eigenvalue weighted by molar-refractivity contribution is 6.01. The van der Waals surface area contributed by atoms with Gasteiger partial charge in [-0.2, -0.15) is 0 Å². The fourth-order valence-corrected chi connectivity index (χ4v) is 3.80. The van der Waals surface area contributed by atoms with E-state index in [2.05, 4.69) is 10.6 Å². The first-order valence-electron chi connectivity index (χ1n) is 12.7. The molecule has 39 heavy (non-hydrogen) atoms. The van der Waals surface area contributed by atoms with E-state index in [0.29, 0.717) is 36.6 Å². The summed E-state index contributed by atoms with van der Waals surface area (Å²) < 4.78 is 5.45. The van der Waals surface area contributed by atoms with Crippen molar-refractivity contribution in [3.8, 4) is 5.75 Å². The third-order valence-corrected chi connectivity index (χ3v) is 6.35. The number of rotatable bonds is 12. The van der Waals surface area contributed by atoms with Crippen molar-refractivity contribution in [2.75, 3.05) is 58.5 Å². The standard InChI is InChI=1S/C28H39N5O6/c1-19-9-7-8-10-22(19)29-27(37)30-23-13-11-21(17-24(23)39-6)12-14-25(34)31(3)15-16-32(4)28(38)33(5)18-20(2)26(35)36/h7-11,13,17,20H,12,14-16,18H2,1-6H3,(H,35,36)(H2,29,30,37). The van der Waals surface area contributed by atoms with Crippen molar-refractivity contribution < 1.29 is 29.0 Å². The third kappa shape index (κ3) is 9.51. The summed E-state index contributed by atoms with van der Waals surface area (Å²) in [6.07, 6.45) is 0.730. The molecule has 0 fully saturated rings. The van der Waals surface area contributed by atoms with Crippen molar-refractivity contribution in [2.24, 2.45) is 5.92 Å². The molecule has 5 amide bonds. The Bertz CT molecular complexity index is 1170. The van der Waals surface area contributed by atoms with E-state index in [4.69, 9.17) is 9.84 Å². The topological polar surface area (TPSA) is 132 Å². The molecule has 0 aliphatic heterocycles. The van der Waals surface area contributed by atoms with Gasteiger partial charge in [0.2, 0.25) is 5.91 Å². The van der Waals surface area contributed by atoms with Crippen molar-refractivity contribution in [1.29, 1.82) is 0 Å². The minimum atomic E-state index is -0.963. The maximum Gasteiger partial charge on any atom is 0.323 e. The summed E-state index contributed by atoms with van der Waals surface area (Å²) >= 11 is 0. The molecule has 11 nitrogen and oxygen atoms in total. The van der Waals surface area contributed by atoms with Crippen molar-refractivity contribution in [1.82, 2.24) is 14.7 Å². The first-order valence-corrected chi connectivity index (χ1v) is 12.7. The van der Waals surface area contributed by atoms with Crippen molar-refractivity contribution in [2.45, 2.75) is 26.7 Å². The van der Waals surface area contributed by atoms with Gasteiger partial charge >= 0.3 is 18.0 Å². The lowest BCUT2D eigenvalue weighted by atomic mass is 10.1. The second-order valence-electron chi connectivity index (χ2n) is 9.57. The molecule has 0 saturated carbocycles. The number of aryl methyl sites for hydroxylation is 2. The molecule has 3 N–H and O–H groups in total. The number of ether oxygens (including phenoxy) is 1. The lowest BCUT2D eigenvalue weighted by Gasteiger charge is -2.27. The minimum absolute atomic E-state index is 0.0810. The van der Waals surface area contributed by atoms with Crippen molar-refractivity contribution in [3.05, 3.63) is 53.6 Å². The van der Waals surface area contributed by atoms with Gasteiger partial charge in [0.15, 0.2) is 0 Å². The van der Waals surface area contributed by atoms with Crippen LogP contribution in [-0.4, -0.2) is 91.6 Å². The number of hydrogen-bond acceptors (Lipinski definition) is 5. The van der Waals surface area contributed by atoms with E-state index in [1.54, 1.807) is 45.1 Å².